The molecule has 1 heterocycles. The fraction of sp³-hybridized carbons (Fsp3) is 0.588. The highest BCUT2D eigenvalue weighted by Gasteiger charge is 2.27. The Morgan fingerprint density at radius 3 is 2.76 bits per heavy atom. The van der Waals surface area contributed by atoms with Gasteiger partial charge in [-0.15, -0.1) is 0 Å². The number of carbonyl (C=O) groups excluding carboxylic acids is 1. The van der Waals surface area contributed by atoms with E-state index in [0.29, 0.717) is 25.0 Å². The van der Waals surface area contributed by atoms with Gasteiger partial charge in [-0.05, 0) is 24.9 Å². The molecule has 0 aromatic heterocycles. The van der Waals surface area contributed by atoms with Gasteiger partial charge in [0.05, 0.1) is 6.54 Å². The monoisotopic (exact) mass is 289 g/mol. The van der Waals surface area contributed by atoms with Gasteiger partial charge < -0.3 is 10.6 Å². The van der Waals surface area contributed by atoms with Crippen molar-refractivity contribution in [1.82, 2.24) is 15.5 Å². The summed E-state index contributed by atoms with van der Waals surface area (Å²) in [5.74, 6) is 0.766. The Kier molecular flexibility index (Phi) is 6.21. The Morgan fingerprint density at radius 1 is 1.33 bits per heavy atom. The third-order valence-electron chi connectivity index (χ3n) is 4.41. The molecule has 1 aromatic carbocycles. The highest BCUT2D eigenvalue weighted by atomic mass is 16.2. The highest BCUT2D eigenvalue weighted by molar-refractivity contribution is 5.78. The molecule has 0 spiro atoms. The zero-order chi connectivity index (χ0) is 15.1. The average molecular weight is 289 g/mol. The zero-order valence-electron chi connectivity index (χ0n) is 13.1. The lowest BCUT2D eigenvalue weighted by atomic mass is 9.90. The SMILES string of the molecule is CCC1CN(CC(=O)NCc2ccccc2)CCC1NC. The van der Waals surface area contributed by atoms with Crippen molar-refractivity contribution in [2.75, 3.05) is 26.7 Å². The number of amides is 1. The van der Waals surface area contributed by atoms with Crippen LogP contribution in [0.5, 0.6) is 0 Å². The second kappa shape index (κ2) is 8.15. The van der Waals surface area contributed by atoms with Crippen LogP contribution in [0.3, 0.4) is 0 Å². The zero-order valence-corrected chi connectivity index (χ0v) is 13.1. The van der Waals surface area contributed by atoms with E-state index in [4.69, 9.17) is 0 Å². The van der Waals surface area contributed by atoms with E-state index in [1.165, 1.54) is 0 Å². The first kappa shape index (κ1) is 16.0. The number of nitrogens with zero attached hydrogens (tertiary/aromatic N) is 1. The summed E-state index contributed by atoms with van der Waals surface area (Å²) in [5.41, 5.74) is 1.14. The molecule has 1 amide bonds. The molecule has 4 nitrogen and oxygen atoms in total. The summed E-state index contributed by atoms with van der Waals surface area (Å²) >= 11 is 0. The van der Waals surface area contributed by atoms with Gasteiger partial charge in [-0.25, -0.2) is 0 Å². The van der Waals surface area contributed by atoms with Crippen LogP contribution < -0.4 is 10.6 Å². The van der Waals surface area contributed by atoms with Crippen molar-refractivity contribution in [2.45, 2.75) is 32.4 Å². The Labute approximate surface area is 127 Å². The number of rotatable bonds is 6. The number of benzene rings is 1. The molecular formula is C17H27N3O. The minimum Gasteiger partial charge on any atom is -0.351 e. The van der Waals surface area contributed by atoms with E-state index in [2.05, 4.69) is 22.5 Å². The fourth-order valence-corrected chi connectivity index (χ4v) is 3.10. The van der Waals surface area contributed by atoms with Crippen molar-refractivity contribution in [3.63, 3.8) is 0 Å². The topological polar surface area (TPSA) is 44.4 Å². The van der Waals surface area contributed by atoms with Gasteiger partial charge in [0.25, 0.3) is 0 Å². The maximum Gasteiger partial charge on any atom is 0.234 e. The van der Waals surface area contributed by atoms with Crippen LogP contribution in [0.1, 0.15) is 25.3 Å². The molecule has 1 aliphatic heterocycles. The van der Waals surface area contributed by atoms with Crippen molar-refractivity contribution in [3.8, 4) is 0 Å². The van der Waals surface area contributed by atoms with E-state index in [-0.39, 0.29) is 5.91 Å². The summed E-state index contributed by atoms with van der Waals surface area (Å²) < 4.78 is 0. The molecule has 1 fully saturated rings. The number of carbonyl (C=O) groups is 1. The van der Waals surface area contributed by atoms with E-state index in [9.17, 15) is 4.79 Å². The Bertz CT molecular complexity index is 435. The van der Waals surface area contributed by atoms with E-state index >= 15 is 0 Å². The predicted octanol–water partition coefficient (Wildman–Crippen LogP) is 1.62. The standard InChI is InChI=1S/C17H27N3O/c1-3-15-12-20(10-9-16(15)18-2)13-17(21)19-11-14-7-5-4-6-8-14/h4-8,15-16,18H,3,9-13H2,1-2H3,(H,19,21). The number of nitrogens with one attached hydrogen (secondary N) is 2. The summed E-state index contributed by atoms with van der Waals surface area (Å²) in [7, 11) is 2.04. The summed E-state index contributed by atoms with van der Waals surface area (Å²) in [4.78, 5) is 14.3. The quantitative estimate of drug-likeness (QED) is 0.836. The van der Waals surface area contributed by atoms with E-state index in [1.54, 1.807) is 0 Å². The van der Waals surface area contributed by atoms with E-state index in [1.807, 2.05) is 37.4 Å². The summed E-state index contributed by atoms with van der Waals surface area (Å²) in [6.07, 6.45) is 2.29. The van der Waals surface area contributed by atoms with Gasteiger partial charge in [-0.3, -0.25) is 9.69 Å². The van der Waals surface area contributed by atoms with E-state index in [0.717, 1.165) is 31.5 Å². The van der Waals surface area contributed by atoms with Crippen LogP contribution in [0.2, 0.25) is 0 Å². The Balaban J connectivity index is 1.75. The molecule has 0 radical (unpaired) electrons. The van der Waals surface area contributed by atoms with E-state index < -0.39 is 0 Å². The second-order valence-corrected chi connectivity index (χ2v) is 5.85. The lowest BCUT2D eigenvalue weighted by molar-refractivity contribution is -0.122. The molecule has 1 saturated heterocycles. The van der Waals surface area contributed by atoms with Gasteiger partial charge >= 0.3 is 0 Å². The molecule has 1 aromatic rings. The van der Waals surface area contributed by atoms with Gasteiger partial charge in [0, 0.05) is 25.7 Å². The molecule has 0 saturated carbocycles. The Morgan fingerprint density at radius 2 is 2.10 bits per heavy atom. The number of piperidine rings is 1. The predicted molar refractivity (Wildman–Crippen MR) is 86.0 cm³/mol. The minimum absolute atomic E-state index is 0.122. The smallest absolute Gasteiger partial charge is 0.234 e. The van der Waals surface area contributed by atoms with Crippen LogP contribution in [0, 0.1) is 5.92 Å². The molecule has 0 aliphatic carbocycles. The van der Waals surface area contributed by atoms with Crippen LogP contribution in [-0.4, -0.2) is 43.5 Å². The number of likely N-dealkylation sites (tertiary alicyclic amines) is 1. The summed E-state index contributed by atoms with van der Waals surface area (Å²) in [6.45, 7) is 5.37. The van der Waals surface area contributed by atoms with Crippen molar-refractivity contribution < 1.29 is 4.79 Å². The van der Waals surface area contributed by atoms with Crippen molar-refractivity contribution in [2.24, 2.45) is 5.92 Å². The lowest BCUT2D eigenvalue weighted by Gasteiger charge is -2.37. The molecule has 0 bridgehead atoms. The third kappa shape index (κ3) is 4.83. The van der Waals surface area contributed by atoms with Gasteiger partial charge in [0.15, 0.2) is 0 Å². The molecular weight excluding hydrogens is 262 g/mol. The lowest BCUT2D eigenvalue weighted by Crippen LogP contribution is -2.50. The van der Waals surface area contributed by atoms with Crippen LogP contribution in [0.4, 0.5) is 0 Å². The first-order chi connectivity index (χ1) is 10.2. The molecule has 1 aliphatic rings. The van der Waals surface area contributed by atoms with Crippen LogP contribution in [-0.2, 0) is 11.3 Å². The minimum atomic E-state index is 0.122. The second-order valence-electron chi connectivity index (χ2n) is 5.85. The van der Waals surface area contributed by atoms with Crippen molar-refractivity contribution >= 4 is 5.91 Å². The van der Waals surface area contributed by atoms with Crippen molar-refractivity contribution in [1.29, 1.82) is 0 Å². The van der Waals surface area contributed by atoms with Crippen LogP contribution >= 0.6 is 0 Å². The normalized spacial score (nSPS) is 23.0. The van der Waals surface area contributed by atoms with Gasteiger partial charge in [0.1, 0.15) is 0 Å². The summed E-state index contributed by atoms with van der Waals surface area (Å²) in [6, 6.07) is 10.6. The van der Waals surface area contributed by atoms with Crippen molar-refractivity contribution in [3.05, 3.63) is 35.9 Å². The summed E-state index contributed by atoms with van der Waals surface area (Å²) in [5, 5.41) is 6.41. The maximum absolute atomic E-state index is 12.1. The third-order valence-corrected chi connectivity index (χ3v) is 4.41. The molecule has 2 atom stereocenters. The fourth-order valence-electron chi connectivity index (χ4n) is 3.10. The number of hydrogen-bond donors (Lipinski definition) is 2. The highest BCUT2D eigenvalue weighted by Crippen LogP contribution is 2.19. The van der Waals surface area contributed by atoms with Gasteiger partial charge in [0.2, 0.25) is 5.91 Å². The molecule has 2 unspecified atom stereocenters. The molecule has 2 N–H and O–H groups in total. The average Bonchev–Trinajstić information content (AvgIpc) is 2.53. The van der Waals surface area contributed by atoms with Crippen LogP contribution in [0.15, 0.2) is 30.3 Å². The molecule has 2 rings (SSSR count). The van der Waals surface area contributed by atoms with Gasteiger partial charge in [-0.1, -0.05) is 43.7 Å². The first-order valence-electron chi connectivity index (χ1n) is 7.93. The largest absolute Gasteiger partial charge is 0.351 e. The molecule has 116 valence electrons. The van der Waals surface area contributed by atoms with Gasteiger partial charge in [-0.2, -0.15) is 0 Å². The van der Waals surface area contributed by atoms with Crippen LogP contribution in [0.25, 0.3) is 0 Å². The Hall–Kier alpha value is -1.39. The number of hydrogen-bond acceptors (Lipinski definition) is 3. The molecule has 4 heteroatoms. The first-order valence-corrected chi connectivity index (χ1v) is 7.93. The maximum atomic E-state index is 12.1. The molecule has 21 heavy (non-hydrogen) atoms.